The van der Waals surface area contributed by atoms with Crippen LogP contribution in [0, 0.1) is 6.92 Å². The van der Waals surface area contributed by atoms with Crippen LogP contribution in [-0.2, 0) is 0 Å². The Balaban J connectivity index is 1.75. The van der Waals surface area contributed by atoms with Crippen LogP contribution in [-0.4, -0.2) is 41.9 Å². The molecule has 0 saturated carbocycles. The molecule has 1 unspecified atom stereocenters. The summed E-state index contributed by atoms with van der Waals surface area (Å²) in [6.07, 6.45) is 3.85. The first-order valence-electron chi connectivity index (χ1n) is 8.17. The average molecular weight is 323 g/mol. The van der Waals surface area contributed by atoms with Gasteiger partial charge in [-0.25, -0.2) is 4.98 Å². The minimum absolute atomic E-state index is 0.270. The Hall–Kier alpha value is -2.60. The van der Waals surface area contributed by atoms with Crippen LogP contribution in [0.2, 0.25) is 0 Å². The van der Waals surface area contributed by atoms with Gasteiger partial charge in [-0.2, -0.15) is 5.10 Å². The first kappa shape index (κ1) is 15.0. The predicted octanol–water partition coefficient (Wildman–Crippen LogP) is 2.43. The van der Waals surface area contributed by atoms with E-state index in [2.05, 4.69) is 37.5 Å². The van der Waals surface area contributed by atoms with Crippen LogP contribution in [0.5, 0.6) is 5.75 Å². The number of hydrogen-bond donors (Lipinski definition) is 2. The van der Waals surface area contributed by atoms with Gasteiger partial charge in [0.15, 0.2) is 0 Å². The fourth-order valence-electron chi connectivity index (χ4n) is 3.40. The summed E-state index contributed by atoms with van der Waals surface area (Å²) in [5.74, 6) is 0.818. The number of benzene rings is 1. The molecule has 0 radical (unpaired) electrons. The van der Waals surface area contributed by atoms with Crippen LogP contribution >= 0.6 is 0 Å². The highest BCUT2D eigenvalue weighted by molar-refractivity contribution is 5.95. The smallest absolute Gasteiger partial charge is 0.145 e. The van der Waals surface area contributed by atoms with E-state index in [1.165, 1.54) is 11.3 Å². The second kappa shape index (κ2) is 6.13. The number of aryl methyl sites for hydroxylation is 1. The van der Waals surface area contributed by atoms with Crippen molar-refractivity contribution in [1.82, 2.24) is 20.5 Å². The summed E-state index contributed by atoms with van der Waals surface area (Å²) in [4.78, 5) is 7.11. The quantitative estimate of drug-likeness (QED) is 0.775. The maximum atomic E-state index is 5.50. The van der Waals surface area contributed by atoms with Crippen LogP contribution < -0.4 is 15.0 Å². The maximum Gasteiger partial charge on any atom is 0.145 e. The molecule has 0 bridgehead atoms. The van der Waals surface area contributed by atoms with Crippen LogP contribution in [0.4, 0.5) is 5.69 Å². The highest BCUT2D eigenvalue weighted by Crippen LogP contribution is 2.33. The lowest BCUT2D eigenvalue weighted by molar-refractivity contribution is 0.419. The number of rotatable bonds is 3. The standard InChI is InChI=1S/C18H21N5O/c1-12-8-16(14-4-3-5-17(24-2)18(14)22-12)23-7-6-19-15(11-23)13-9-20-21-10-13/h3-5,8-10,15,19H,6-7,11H2,1-2H3,(H,20,21). The predicted molar refractivity (Wildman–Crippen MR) is 94.6 cm³/mol. The van der Waals surface area contributed by atoms with E-state index in [1.54, 1.807) is 7.11 Å². The van der Waals surface area contributed by atoms with Crippen molar-refractivity contribution in [2.24, 2.45) is 0 Å². The number of piperazine rings is 1. The van der Waals surface area contributed by atoms with Crippen LogP contribution in [0.1, 0.15) is 17.3 Å². The van der Waals surface area contributed by atoms with Crippen molar-refractivity contribution in [1.29, 1.82) is 0 Å². The first-order valence-corrected chi connectivity index (χ1v) is 8.17. The van der Waals surface area contributed by atoms with Crippen molar-refractivity contribution >= 4 is 16.6 Å². The Morgan fingerprint density at radius 3 is 3.04 bits per heavy atom. The molecule has 4 rings (SSSR count). The van der Waals surface area contributed by atoms with Crippen molar-refractivity contribution in [3.63, 3.8) is 0 Å². The molecular formula is C18H21N5O. The van der Waals surface area contributed by atoms with Gasteiger partial charge >= 0.3 is 0 Å². The molecule has 1 atom stereocenters. The van der Waals surface area contributed by atoms with Crippen molar-refractivity contribution in [3.05, 3.63) is 47.9 Å². The van der Waals surface area contributed by atoms with E-state index in [0.29, 0.717) is 0 Å². The normalized spacial score (nSPS) is 18.1. The van der Waals surface area contributed by atoms with Crippen molar-refractivity contribution in [2.45, 2.75) is 13.0 Å². The van der Waals surface area contributed by atoms with E-state index >= 15 is 0 Å². The molecule has 3 aromatic rings. The molecule has 6 nitrogen and oxygen atoms in total. The van der Waals surface area contributed by atoms with Gasteiger partial charge in [-0.3, -0.25) is 5.10 Å². The van der Waals surface area contributed by atoms with Crippen LogP contribution in [0.15, 0.2) is 36.7 Å². The Morgan fingerprint density at radius 1 is 1.33 bits per heavy atom. The third-order valence-corrected chi connectivity index (χ3v) is 4.57. The Kier molecular flexibility index (Phi) is 3.82. The zero-order chi connectivity index (χ0) is 16.5. The van der Waals surface area contributed by atoms with E-state index in [4.69, 9.17) is 4.74 Å². The number of para-hydroxylation sites is 1. The summed E-state index contributed by atoms with van der Waals surface area (Å²) >= 11 is 0. The molecule has 2 N–H and O–H groups in total. The molecule has 24 heavy (non-hydrogen) atoms. The number of pyridine rings is 1. The Labute approximate surface area is 140 Å². The number of fused-ring (bicyclic) bond motifs is 1. The van der Waals surface area contributed by atoms with Crippen molar-refractivity contribution < 1.29 is 4.74 Å². The monoisotopic (exact) mass is 323 g/mol. The van der Waals surface area contributed by atoms with E-state index in [0.717, 1.165) is 42.0 Å². The van der Waals surface area contributed by atoms with Gasteiger partial charge in [-0.05, 0) is 19.1 Å². The van der Waals surface area contributed by atoms with Gasteiger partial charge in [0, 0.05) is 48.2 Å². The highest BCUT2D eigenvalue weighted by atomic mass is 16.5. The summed E-state index contributed by atoms with van der Waals surface area (Å²) in [6.45, 7) is 4.83. The topological polar surface area (TPSA) is 66.1 Å². The first-order chi connectivity index (χ1) is 11.8. The number of anilines is 1. The summed E-state index contributed by atoms with van der Waals surface area (Å²) in [7, 11) is 1.69. The summed E-state index contributed by atoms with van der Waals surface area (Å²) < 4.78 is 5.50. The van der Waals surface area contributed by atoms with Gasteiger partial charge in [0.05, 0.1) is 19.3 Å². The number of aromatic amines is 1. The lowest BCUT2D eigenvalue weighted by atomic mass is 10.1. The molecule has 1 aromatic carbocycles. The van der Waals surface area contributed by atoms with E-state index in [-0.39, 0.29) is 6.04 Å². The van der Waals surface area contributed by atoms with Crippen LogP contribution in [0.3, 0.4) is 0 Å². The largest absolute Gasteiger partial charge is 0.494 e. The van der Waals surface area contributed by atoms with Gasteiger partial charge in [-0.1, -0.05) is 12.1 Å². The molecule has 1 aliphatic heterocycles. The average Bonchev–Trinajstić information content (AvgIpc) is 3.15. The number of nitrogens with zero attached hydrogens (tertiary/aromatic N) is 3. The van der Waals surface area contributed by atoms with E-state index < -0.39 is 0 Å². The molecular weight excluding hydrogens is 302 g/mol. The molecule has 0 aliphatic carbocycles. The van der Waals surface area contributed by atoms with Gasteiger partial charge in [-0.15, -0.1) is 0 Å². The number of methoxy groups -OCH3 is 1. The molecule has 1 saturated heterocycles. The molecule has 0 spiro atoms. The third-order valence-electron chi connectivity index (χ3n) is 4.57. The second-order valence-corrected chi connectivity index (χ2v) is 6.12. The van der Waals surface area contributed by atoms with Gasteiger partial charge < -0.3 is 15.0 Å². The number of aromatic nitrogens is 3. The zero-order valence-corrected chi connectivity index (χ0v) is 13.9. The lowest BCUT2D eigenvalue weighted by Crippen LogP contribution is -2.45. The SMILES string of the molecule is COc1cccc2c(N3CCNC(c4cn[nH]c4)C3)cc(C)nc12. The number of H-pyrrole nitrogens is 1. The lowest BCUT2D eigenvalue weighted by Gasteiger charge is -2.35. The van der Waals surface area contributed by atoms with E-state index in [9.17, 15) is 0 Å². The summed E-state index contributed by atoms with van der Waals surface area (Å²) in [5, 5.41) is 11.7. The highest BCUT2D eigenvalue weighted by Gasteiger charge is 2.23. The molecule has 124 valence electrons. The molecule has 3 heterocycles. The molecule has 0 amide bonds. The fraction of sp³-hybridized carbons (Fsp3) is 0.333. The number of hydrogen-bond acceptors (Lipinski definition) is 5. The van der Waals surface area contributed by atoms with Gasteiger partial charge in [0.1, 0.15) is 11.3 Å². The fourth-order valence-corrected chi connectivity index (χ4v) is 3.40. The van der Waals surface area contributed by atoms with E-state index in [1.807, 2.05) is 31.5 Å². The summed E-state index contributed by atoms with van der Waals surface area (Å²) in [5.41, 5.74) is 4.33. The molecule has 6 heteroatoms. The molecule has 1 fully saturated rings. The molecule has 1 aliphatic rings. The van der Waals surface area contributed by atoms with Crippen LogP contribution in [0.25, 0.3) is 10.9 Å². The van der Waals surface area contributed by atoms with Gasteiger partial charge in [0.2, 0.25) is 0 Å². The minimum Gasteiger partial charge on any atom is -0.494 e. The maximum absolute atomic E-state index is 5.50. The van der Waals surface area contributed by atoms with Gasteiger partial charge in [0.25, 0.3) is 0 Å². The van der Waals surface area contributed by atoms with Crippen molar-refractivity contribution in [2.75, 3.05) is 31.6 Å². The van der Waals surface area contributed by atoms with Crippen molar-refractivity contribution in [3.8, 4) is 5.75 Å². The Morgan fingerprint density at radius 2 is 2.25 bits per heavy atom. The second-order valence-electron chi connectivity index (χ2n) is 6.12. The number of nitrogens with one attached hydrogen (secondary N) is 2. The third kappa shape index (κ3) is 2.59. The Bertz CT molecular complexity index is 846. The molecule has 2 aromatic heterocycles. The zero-order valence-electron chi connectivity index (χ0n) is 13.9. The number of ether oxygens (including phenoxy) is 1. The summed E-state index contributed by atoms with van der Waals surface area (Å²) in [6, 6.07) is 8.54. The minimum atomic E-state index is 0.270.